The van der Waals surface area contributed by atoms with Crippen LogP contribution in [0.15, 0.2) is 10.9 Å². The number of rotatable bonds is 1. The molecular formula is C14H16F5N3O3. The van der Waals surface area contributed by atoms with Crippen molar-refractivity contribution < 1.29 is 31.5 Å². The van der Waals surface area contributed by atoms with E-state index in [-0.39, 0.29) is 0 Å². The fraction of sp³-hybridized carbons (Fsp3) is 0.643. The lowest BCUT2D eigenvalue weighted by Crippen LogP contribution is -2.38. The molecule has 1 fully saturated rings. The molecule has 0 bridgehead atoms. The van der Waals surface area contributed by atoms with Gasteiger partial charge in [0.2, 0.25) is 0 Å². The second-order valence-corrected chi connectivity index (χ2v) is 6.72. The maximum absolute atomic E-state index is 13.8. The average molecular weight is 369 g/mol. The van der Waals surface area contributed by atoms with Crippen molar-refractivity contribution in [3.8, 4) is 0 Å². The highest BCUT2D eigenvalue weighted by molar-refractivity contribution is 5.69. The summed E-state index contributed by atoms with van der Waals surface area (Å²) in [5, 5.41) is 5.05. The highest BCUT2D eigenvalue weighted by Gasteiger charge is 2.50. The zero-order valence-corrected chi connectivity index (χ0v) is 13.6. The molecule has 0 saturated carbocycles. The van der Waals surface area contributed by atoms with Gasteiger partial charge in [-0.3, -0.25) is 9.69 Å². The fourth-order valence-corrected chi connectivity index (χ4v) is 2.40. The van der Waals surface area contributed by atoms with Gasteiger partial charge in [0.1, 0.15) is 11.2 Å². The van der Waals surface area contributed by atoms with E-state index in [1.165, 1.54) is 20.8 Å². The molecule has 0 aliphatic carbocycles. The predicted molar refractivity (Wildman–Crippen MR) is 75.1 cm³/mol. The summed E-state index contributed by atoms with van der Waals surface area (Å²) >= 11 is 0. The molecule has 140 valence electrons. The highest BCUT2D eigenvalue weighted by Crippen LogP contribution is 2.41. The zero-order valence-electron chi connectivity index (χ0n) is 13.6. The van der Waals surface area contributed by atoms with Crippen LogP contribution in [0.2, 0.25) is 0 Å². The third-order valence-electron chi connectivity index (χ3n) is 3.37. The average Bonchev–Trinajstić information content (AvgIpc) is 2.72. The Hall–Kier alpha value is -2.20. The molecule has 0 spiro atoms. The van der Waals surface area contributed by atoms with Crippen LogP contribution in [0.1, 0.15) is 44.5 Å². The Morgan fingerprint density at radius 3 is 2.48 bits per heavy atom. The number of aromatic nitrogens is 2. The number of nitrogens with one attached hydrogen (secondary N) is 1. The molecule has 25 heavy (non-hydrogen) atoms. The number of aromatic amines is 1. The van der Waals surface area contributed by atoms with Crippen molar-refractivity contribution in [3.63, 3.8) is 0 Å². The van der Waals surface area contributed by atoms with Crippen LogP contribution in [0.4, 0.5) is 26.7 Å². The lowest BCUT2D eigenvalue weighted by molar-refractivity contribution is -0.138. The zero-order chi connectivity index (χ0) is 19.2. The number of ether oxygens (including phenoxy) is 1. The molecule has 0 radical (unpaired) electrons. The second-order valence-electron chi connectivity index (χ2n) is 6.72. The van der Waals surface area contributed by atoms with E-state index < -0.39 is 59.6 Å². The van der Waals surface area contributed by atoms with E-state index in [1.807, 2.05) is 0 Å². The summed E-state index contributed by atoms with van der Waals surface area (Å²) < 4.78 is 71.1. The fourth-order valence-electron chi connectivity index (χ4n) is 2.40. The van der Waals surface area contributed by atoms with E-state index in [0.717, 1.165) is 0 Å². The molecule has 2 rings (SSSR count). The van der Waals surface area contributed by atoms with Gasteiger partial charge in [-0.1, -0.05) is 0 Å². The standard InChI is InChI=1S/C14H16F5N3O3/c1-12(2,3)25-11(24)22-6-13(15,16)5-9(22)8-4-7(14(17,18)19)10(23)21-20-8/h4,9H,5-6H2,1-3H3,(H,21,23)/t9-/m0/s1. The predicted octanol–water partition coefficient (Wildman–Crippen LogP) is 3.11. The van der Waals surface area contributed by atoms with Crippen molar-refractivity contribution in [3.05, 3.63) is 27.7 Å². The van der Waals surface area contributed by atoms with Crippen molar-refractivity contribution in [2.75, 3.05) is 6.54 Å². The molecule has 1 aromatic heterocycles. The van der Waals surface area contributed by atoms with Crippen molar-refractivity contribution in [1.82, 2.24) is 15.1 Å². The topological polar surface area (TPSA) is 75.3 Å². The molecule has 2 heterocycles. The molecule has 11 heteroatoms. The molecule has 1 atom stereocenters. The molecule has 1 saturated heterocycles. The summed E-state index contributed by atoms with van der Waals surface area (Å²) in [7, 11) is 0. The van der Waals surface area contributed by atoms with Crippen molar-refractivity contribution in [1.29, 1.82) is 0 Å². The maximum atomic E-state index is 13.8. The molecular weight excluding hydrogens is 353 g/mol. The summed E-state index contributed by atoms with van der Waals surface area (Å²) in [4.78, 5) is 24.0. The van der Waals surface area contributed by atoms with E-state index in [9.17, 15) is 31.5 Å². The number of hydrogen-bond acceptors (Lipinski definition) is 4. The minimum absolute atomic E-state index is 0.377. The smallest absolute Gasteiger partial charge is 0.421 e. The van der Waals surface area contributed by atoms with E-state index in [4.69, 9.17) is 4.74 Å². The number of likely N-dealkylation sites (tertiary alicyclic amines) is 1. The number of nitrogens with zero attached hydrogens (tertiary/aromatic N) is 2. The van der Waals surface area contributed by atoms with Gasteiger partial charge in [0.15, 0.2) is 0 Å². The first-order valence-corrected chi connectivity index (χ1v) is 7.24. The number of hydrogen-bond donors (Lipinski definition) is 1. The van der Waals surface area contributed by atoms with Gasteiger partial charge in [-0.2, -0.15) is 18.3 Å². The third kappa shape index (κ3) is 4.45. The van der Waals surface area contributed by atoms with Crippen molar-refractivity contribution in [2.45, 2.75) is 50.9 Å². The summed E-state index contributed by atoms with van der Waals surface area (Å²) in [5.41, 5.74) is -4.54. The monoisotopic (exact) mass is 369 g/mol. The van der Waals surface area contributed by atoms with Gasteiger partial charge >= 0.3 is 12.3 Å². The van der Waals surface area contributed by atoms with Gasteiger partial charge in [-0.05, 0) is 26.8 Å². The van der Waals surface area contributed by atoms with E-state index >= 15 is 0 Å². The Labute approximate surface area is 139 Å². The number of amides is 1. The van der Waals surface area contributed by atoms with Crippen molar-refractivity contribution in [2.24, 2.45) is 0 Å². The first-order valence-electron chi connectivity index (χ1n) is 7.24. The summed E-state index contributed by atoms with van der Waals surface area (Å²) in [6, 6.07) is -1.08. The quantitative estimate of drug-likeness (QED) is 0.772. The van der Waals surface area contributed by atoms with Crippen LogP contribution in [0, 0.1) is 0 Å². The van der Waals surface area contributed by atoms with Crippen LogP contribution < -0.4 is 5.56 Å². The van der Waals surface area contributed by atoms with Gasteiger partial charge in [0.05, 0.1) is 18.3 Å². The first kappa shape index (κ1) is 19.1. The lowest BCUT2D eigenvalue weighted by atomic mass is 10.1. The molecule has 1 aliphatic heterocycles. The normalized spacial score (nSPS) is 20.6. The SMILES string of the molecule is CC(C)(C)OC(=O)N1CC(F)(F)C[C@H]1c1cc(C(F)(F)F)c(=O)[nH]n1. The third-order valence-corrected chi connectivity index (χ3v) is 3.37. The Morgan fingerprint density at radius 2 is 1.96 bits per heavy atom. The largest absolute Gasteiger partial charge is 0.444 e. The minimum atomic E-state index is -4.98. The van der Waals surface area contributed by atoms with E-state index in [1.54, 1.807) is 5.10 Å². The van der Waals surface area contributed by atoms with Crippen LogP contribution in [-0.2, 0) is 10.9 Å². The lowest BCUT2D eigenvalue weighted by Gasteiger charge is -2.27. The number of alkyl halides is 5. The van der Waals surface area contributed by atoms with Gasteiger partial charge in [0.25, 0.3) is 11.5 Å². The summed E-state index contributed by atoms with van der Waals surface area (Å²) in [6.07, 6.45) is -7.01. The molecule has 0 aromatic carbocycles. The van der Waals surface area contributed by atoms with Gasteiger partial charge in [0, 0.05) is 6.42 Å². The number of halogens is 5. The maximum Gasteiger partial charge on any atom is 0.421 e. The van der Waals surface area contributed by atoms with E-state index in [2.05, 4.69) is 5.10 Å². The summed E-state index contributed by atoms with van der Waals surface area (Å²) in [5.74, 6) is -3.32. The second kappa shape index (κ2) is 5.95. The van der Waals surface area contributed by atoms with Crippen LogP contribution in [0.5, 0.6) is 0 Å². The molecule has 1 amide bonds. The van der Waals surface area contributed by atoms with Gasteiger partial charge in [-0.15, -0.1) is 0 Å². The molecule has 1 aromatic rings. The molecule has 6 nitrogen and oxygen atoms in total. The van der Waals surface area contributed by atoms with Crippen molar-refractivity contribution >= 4 is 6.09 Å². The van der Waals surface area contributed by atoms with Crippen LogP contribution >= 0.6 is 0 Å². The van der Waals surface area contributed by atoms with Crippen LogP contribution in [-0.4, -0.2) is 39.3 Å². The number of H-pyrrole nitrogens is 1. The number of carbonyl (C=O) groups is 1. The Morgan fingerprint density at radius 1 is 1.36 bits per heavy atom. The van der Waals surface area contributed by atoms with Gasteiger partial charge < -0.3 is 4.74 Å². The van der Waals surface area contributed by atoms with Crippen LogP contribution in [0.25, 0.3) is 0 Å². The Balaban J connectivity index is 2.41. The van der Waals surface area contributed by atoms with Gasteiger partial charge in [-0.25, -0.2) is 18.7 Å². The summed E-state index contributed by atoms with van der Waals surface area (Å²) in [6.45, 7) is 3.55. The Kier molecular flexibility index (Phi) is 4.56. The minimum Gasteiger partial charge on any atom is -0.444 e. The molecule has 1 aliphatic rings. The first-order chi connectivity index (χ1) is 11.2. The molecule has 0 unspecified atom stereocenters. The molecule has 1 N–H and O–H groups in total. The Bertz CT molecular complexity index is 724. The van der Waals surface area contributed by atoms with E-state index in [0.29, 0.717) is 11.0 Å². The van der Waals surface area contributed by atoms with Crippen LogP contribution in [0.3, 0.4) is 0 Å². The highest BCUT2D eigenvalue weighted by atomic mass is 19.4. The number of carbonyl (C=O) groups excluding carboxylic acids is 1.